The predicted octanol–water partition coefficient (Wildman–Crippen LogP) is 1.80. The van der Waals surface area contributed by atoms with Gasteiger partial charge in [-0.05, 0) is 46.2 Å². The fraction of sp³-hybridized carbons (Fsp3) is 0.643. The van der Waals surface area contributed by atoms with Crippen LogP contribution >= 0.6 is 0 Å². The van der Waals surface area contributed by atoms with Crippen molar-refractivity contribution in [3.8, 4) is 5.88 Å². The molecule has 1 unspecified atom stereocenters. The van der Waals surface area contributed by atoms with Gasteiger partial charge in [0, 0.05) is 13.1 Å². The van der Waals surface area contributed by atoms with Gasteiger partial charge in [-0.15, -0.1) is 0 Å². The molecular formula is C14H23N3O2. The van der Waals surface area contributed by atoms with Crippen LogP contribution in [-0.2, 0) is 0 Å². The van der Waals surface area contributed by atoms with Crippen molar-refractivity contribution in [2.45, 2.75) is 45.3 Å². The van der Waals surface area contributed by atoms with E-state index in [1.54, 1.807) is 6.07 Å². The highest BCUT2D eigenvalue weighted by Gasteiger charge is 2.32. The Morgan fingerprint density at radius 1 is 1.42 bits per heavy atom. The molecule has 0 saturated carbocycles. The molecule has 5 nitrogen and oxygen atoms in total. The Labute approximate surface area is 114 Å². The predicted molar refractivity (Wildman–Crippen MR) is 76.5 cm³/mol. The molecule has 0 aliphatic carbocycles. The van der Waals surface area contributed by atoms with Gasteiger partial charge in [0.15, 0.2) is 0 Å². The molecule has 0 bridgehead atoms. The van der Waals surface area contributed by atoms with Crippen LogP contribution < -0.4 is 15.4 Å². The van der Waals surface area contributed by atoms with Crippen molar-refractivity contribution >= 4 is 11.5 Å². The summed E-state index contributed by atoms with van der Waals surface area (Å²) in [4.78, 5) is 6.52. The summed E-state index contributed by atoms with van der Waals surface area (Å²) >= 11 is 0. The second-order valence-corrected chi connectivity index (χ2v) is 6.45. The van der Waals surface area contributed by atoms with E-state index in [2.05, 4.69) is 9.88 Å². The highest BCUT2D eigenvalue weighted by atomic mass is 16.5. The zero-order chi connectivity index (χ0) is 14.3. The number of hydrogen-bond acceptors (Lipinski definition) is 5. The van der Waals surface area contributed by atoms with E-state index in [-0.39, 0.29) is 5.60 Å². The third kappa shape index (κ3) is 3.50. The number of rotatable bonds is 2. The molecule has 2 heterocycles. The fourth-order valence-electron chi connectivity index (χ4n) is 2.13. The number of aromatic nitrogens is 1. The molecule has 0 radical (unpaired) electrons. The van der Waals surface area contributed by atoms with E-state index in [1.807, 2.05) is 33.8 Å². The molecule has 3 N–H and O–H groups in total. The minimum Gasteiger partial charge on any atom is -0.470 e. The average molecular weight is 265 g/mol. The number of nitrogens with two attached hydrogens (primary N) is 1. The van der Waals surface area contributed by atoms with E-state index in [9.17, 15) is 5.11 Å². The van der Waals surface area contributed by atoms with Crippen LogP contribution in [0.15, 0.2) is 12.1 Å². The van der Waals surface area contributed by atoms with Crippen LogP contribution in [0.2, 0.25) is 0 Å². The Morgan fingerprint density at radius 3 is 2.63 bits per heavy atom. The van der Waals surface area contributed by atoms with Gasteiger partial charge < -0.3 is 20.5 Å². The molecule has 1 fully saturated rings. The summed E-state index contributed by atoms with van der Waals surface area (Å²) in [5.41, 5.74) is 5.44. The van der Waals surface area contributed by atoms with Crippen LogP contribution in [0.1, 0.15) is 34.1 Å². The molecule has 1 aromatic rings. The molecular weight excluding hydrogens is 242 g/mol. The minimum absolute atomic E-state index is 0.337. The van der Waals surface area contributed by atoms with Crippen LogP contribution in [0, 0.1) is 0 Å². The molecule has 5 heteroatoms. The molecule has 1 saturated heterocycles. The molecule has 1 aliphatic rings. The van der Waals surface area contributed by atoms with Crippen molar-refractivity contribution in [1.29, 1.82) is 0 Å². The summed E-state index contributed by atoms with van der Waals surface area (Å²) < 4.78 is 5.76. The summed E-state index contributed by atoms with van der Waals surface area (Å²) in [6.45, 7) is 9.10. The topological polar surface area (TPSA) is 71.6 Å². The van der Waals surface area contributed by atoms with Crippen molar-refractivity contribution in [3.63, 3.8) is 0 Å². The number of nitrogen functional groups attached to an aromatic ring is 1. The van der Waals surface area contributed by atoms with Gasteiger partial charge in [0.1, 0.15) is 11.4 Å². The number of anilines is 2. The molecule has 0 amide bonds. The van der Waals surface area contributed by atoms with Crippen molar-refractivity contribution in [2.24, 2.45) is 0 Å². The highest BCUT2D eigenvalue weighted by molar-refractivity contribution is 5.55. The molecule has 1 atom stereocenters. The first-order chi connectivity index (χ1) is 8.66. The Morgan fingerprint density at radius 2 is 2.11 bits per heavy atom. The maximum atomic E-state index is 10.0. The third-order valence-corrected chi connectivity index (χ3v) is 3.05. The van der Waals surface area contributed by atoms with Crippen LogP contribution in [-0.4, -0.2) is 34.4 Å². The largest absolute Gasteiger partial charge is 0.470 e. The van der Waals surface area contributed by atoms with Crippen molar-refractivity contribution < 1.29 is 9.84 Å². The number of hydrogen-bond donors (Lipinski definition) is 2. The lowest BCUT2D eigenvalue weighted by atomic mass is 10.1. The average Bonchev–Trinajstić information content (AvgIpc) is 2.60. The van der Waals surface area contributed by atoms with Gasteiger partial charge in [0.2, 0.25) is 5.88 Å². The van der Waals surface area contributed by atoms with Crippen LogP contribution in [0.5, 0.6) is 5.88 Å². The molecule has 2 rings (SSSR count). The van der Waals surface area contributed by atoms with Crippen LogP contribution in [0.4, 0.5) is 11.5 Å². The summed E-state index contributed by atoms with van der Waals surface area (Å²) in [7, 11) is 0. The number of aliphatic hydroxyl groups is 1. The maximum Gasteiger partial charge on any atom is 0.239 e. The number of ether oxygens (including phenoxy) is 1. The molecule has 106 valence electrons. The van der Waals surface area contributed by atoms with Gasteiger partial charge in [-0.1, -0.05) is 0 Å². The van der Waals surface area contributed by atoms with Gasteiger partial charge in [-0.25, -0.2) is 0 Å². The lowest BCUT2D eigenvalue weighted by Gasteiger charge is -2.24. The second kappa shape index (κ2) is 4.56. The second-order valence-electron chi connectivity index (χ2n) is 6.45. The zero-order valence-electron chi connectivity index (χ0n) is 12.1. The highest BCUT2D eigenvalue weighted by Crippen LogP contribution is 2.30. The van der Waals surface area contributed by atoms with Gasteiger partial charge in [0.05, 0.1) is 11.3 Å². The molecule has 0 spiro atoms. The van der Waals surface area contributed by atoms with Gasteiger partial charge in [-0.2, -0.15) is 4.98 Å². The van der Waals surface area contributed by atoms with Gasteiger partial charge in [-0.3, -0.25) is 0 Å². The molecule has 0 aromatic carbocycles. The normalized spacial score (nSPS) is 23.7. The monoisotopic (exact) mass is 265 g/mol. The van der Waals surface area contributed by atoms with Crippen LogP contribution in [0.3, 0.4) is 0 Å². The lowest BCUT2D eigenvalue weighted by Crippen LogP contribution is -2.30. The van der Waals surface area contributed by atoms with E-state index >= 15 is 0 Å². The SMILES string of the molecule is CC1(O)CCN(c2ccc(N)c(OC(C)(C)C)n2)C1. The zero-order valence-corrected chi connectivity index (χ0v) is 12.1. The summed E-state index contributed by atoms with van der Waals surface area (Å²) in [5.74, 6) is 1.25. The van der Waals surface area contributed by atoms with Gasteiger partial charge in [0.25, 0.3) is 0 Å². The minimum atomic E-state index is -0.645. The molecule has 1 aliphatic heterocycles. The smallest absolute Gasteiger partial charge is 0.239 e. The standard InChI is InChI=1S/C14H23N3O2/c1-13(2,3)19-12-10(15)5-6-11(16-12)17-8-7-14(4,18)9-17/h5-6,18H,7-9,15H2,1-4H3. The Kier molecular flexibility index (Phi) is 3.34. The first-order valence-electron chi connectivity index (χ1n) is 6.59. The first kappa shape index (κ1) is 13.9. The number of pyridine rings is 1. The Bertz CT molecular complexity index is 466. The number of nitrogens with zero attached hydrogens (tertiary/aromatic N) is 2. The first-order valence-corrected chi connectivity index (χ1v) is 6.59. The van der Waals surface area contributed by atoms with E-state index < -0.39 is 5.60 Å². The molecule has 19 heavy (non-hydrogen) atoms. The Hall–Kier alpha value is -1.49. The summed E-state index contributed by atoms with van der Waals surface area (Å²) in [6.07, 6.45) is 0.745. The van der Waals surface area contributed by atoms with Crippen molar-refractivity contribution in [2.75, 3.05) is 23.7 Å². The van der Waals surface area contributed by atoms with E-state index in [0.29, 0.717) is 18.1 Å². The summed E-state index contributed by atoms with van der Waals surface area (Å²) in [6, 6.07) is 3.67. The Balaban J connectivity index is 2.22. The van der Waals surface area contributed by atoms with Gasteiger partial charge >= 0.3 is 0 Å². The maximum absolute atomic E-state index is 10.0. The third-order valence-electron chi connectivity index (χ3n) is 3.05. The van der Waals surface area contributed by atoms with E-state index in [1.165, 1.54) is 0 Å². The van der Waals surface area contributed by atoms with E-state index in [4.69, 9.17) is 10.5 Å². The lowest BCUT2D eigenvalue weighted by molar-refractivity contribution is 0.0838. The van der Waals surface area contributed by atoms with E-state index in [0.717, 1.165) is 18.8 Å². The van der Waals surface area contributed by atoms with Crippen molar-refractivity contribution in [1.82, 2.24) is 4.98 Å². The quantitative estimate of drug-likeness (QED) is 0.853. The summed E-state index contributed by atoms with van der Waals surface area (Å²) in [5, 5.41) is 10.0. The number of β-amino-alcohol motifs (C(OH)–C–C–N with tert-alkyl or cyclic N) is 1. The molecule has 1 aromatic heterocycles. The van der Waals surface area contributed by atoms with Crippen molar-refractivity contribution in [3.05, 3.63) is 12.1 Å². The fourth-order valence-corrected chi connectivity index (χ4v) is 2.13. The van der Waals surface area contributed by atoms with Crippen LogP contribution in [0.25, 0.3) is 0 Å².